The predicted octanol–water partition coefficient (Wildman–Crippen LogP) is 2.62. The smallest absolute Gasteiger partial charge is 0.382 e. The van der Waals surface area contributed by atoms with E-state index in [1.54, 1.807) is 18.3 Å². The number of benzene rings is 1. The van der Waals surface area contributed by atoms with Crippen LogP contribution in [0.4, 0.5) is 19.0 Å². The lowest BCUT2D eigenvalue weighted by molar-refractivity contribution is -0.137. The SMILES string of the molecule is NS(=O)(=O)OCC1CCC(Nc2ncncc2C(O)c2ccn(Cc3cccc(C(F)(F)F)c3)n2)C1. The van der Waals surface area contributed by atoms with Crippen molar-refractivity contribution in [3.63, 3.8) is 0 Å². The first-order chi connectivity index (χ1) is 17.0. The number of nitrogens with one attached hydrogen (secondary N) is 1. The summed E-state index contributed by atoms with van der Waals surface area (Å²) < 4.78 is 67.1. The fourth-order valence-corrected chi connectivity index (χ4v) is 4.59. The number of rotatable bonds is 9. The highest BCUT2D eigenvalue weighted by atomic mass is 32.2. The minimum atomic E-state index is -4.44. The highest BCUT2D eigenvalue weighted by Gasteiger charge is 2.30. The quantitative estimate of drug-likeness (QED) is 0.386. The molecule has 3 atom stereocenters. The number of aliphatic hydroxyl groups is 1. The molecule has 1 saturated carbocycles. The molecule has 0 amide bonds. The Balaban J connectivity index is 1.42. The second-order valence-corrected chi connectivity index (χ2v) is 9.88. The van der Waals surface area contributed by atoms with Crippen LogP contribution in [-0.4, -0.2) is 45.9 Å². The van der Waals surface area contributed by atoms with Crippen LogP contribution < -0.4 is 10.5 Å². The van der Waals surface area contributed by atoms with Crippen molar-refractivity contribution >= 4 is 16.1 Å². The van der Waals surface area contributed by atoms with E-state index in [0.29, 0.717) is 23.4 Å². The molecule has 0 bridgehead atoms. The molecule has 3 aromatic rings. The largest absolute Gasteiger partial charge is 0.416 e. The van der Waals surface area contributed by atoms with Gasteiger partial charge >= 0.3 is 16.5 Å². The standard InChI is InChI=1S/C22H25F3N6O4S/c23-22(24,25)16-3-1-2-14(8-16)11-31-7-6-19(30-31)20(32)18-10-27-13-28-21(18)29-17-5-4-15(9-17)12-35-36(26,33)34/h1-3,6-8,10,13,15,17,20,32H,4-5,9,11-12H2,(H2,26,33,34)(H,27,28,29). The molecule has 1 aliphatic carbocycles. The lowest BCUT2D eigenvalue weighted by Gasteiger charge is -2.18. The first-order valence-corrected chi connectivity index (χ1v) is 12.6. The van der Waals surface area contributed by atoms with Gasteiger partial charge in [0, 0.05) is 24.0 Å². The molecule has 0 radical (unpaired) electrons. The summed E-state index contributed by atoms with van der Waals surface area (Å²) in [7, 11) is -4.00. The van der Waals surface area contributed by atoms with Gasteiger partial charge in [0.25, 0.3) is 0 Å². The fourth-order valence-electron chi connectivity index (χ4n) is 4.21. The Kier molecular flexibility index (Phi) is 7.59. The number of hydrogen-bond donors (Lipinski definition) is 3. The predicted molar refractivity (Wildman–Crippen MR) is 123 cm³/mol. The van der Waals surface area contributed by atoms with Crippen molar-refractivity contribution in [2.24, 2.45) is 11.1 Å². The molecule has 1 aliphatic rings. The Morgan fingerprint density at radius 2 is 2.08 bits per heavy atom. The van der Waals surface area contributed by atoms with Crippen LogP contribution in [0, 0.1) is 5.92 Å². The molecule has 1 fully saturated rings. The Morgan fingerprint density at radius 3 is 2.83 bits per heavy atom. The van der Waals surface area contributed by atoms with E-state index in [1.165, 1.54) is 23.3 Å². The van der Waals surface area contributed by atoms with Gasteiger partial charge in [-0.05, 0) is 48.9 Å². The van der Waals surface area contributed by atoms with Gasteiger partial charge in [-0.3, -0.25) is 8.86 Å². The Hall–Kier alpha value is -3.07. The highest BCUT2D eigenvalue weighted by molar-refractivity contribution is 7.84. The van der Waals surface area contributed by atoms with Crippen LogP contribution in [0.15, 0.2) is 49.1 Å². The molecule has 0 saturated heterocycles. The average molecular weight is 527 g/mol. The van der Waals surface area contributed by atoms with E-state index < -0.39 is 28.1 Å². The number of hydrogen-bond acceptors (Lipinski definition) is 8. The zero-order chi connectivity index (χ0) is 25.9. The third-order valence-electron chi connectivity index (χ3n) is 5.93. The van der Waals surface area contributed by atoms with E-state index in [9.17, 15) is 26.7 Å². The second-order valence-electron chi connectivity index (χ2n) is 8.66. The Morgan fingerprint density at radius 1 is 1.28 bits per heavy atom. The fraction of sp³-hybridized carbons (Fsp3) is 0.409. The molecule has 2 heterocycles. The van der Waals surface area contributed by atoms with Gasteiger partial charge < -0.3 is 10.4 Å². The van der Waals surface area contributed by atoms with E-state index in [4.69, 9.17) is 5.14 Å². The molecule has 4 N–H and O–H groups in total. The van der Waals surface area contributed by atoms with E-state index in [-0.39, 0.29) is 30.8 Å². The number of halogens is 3. The minimum absolute atomic E-state index is 0.000414. The maximum absolute atomic E-state index is 13.0. The topological polar surface area (TPSA) is 145 Å². The van der Waals surface area contributed by atoms with Crippen LogP contribution in [0.3, 0.4) is 0 Å². The van der Waals surface area contributed by atoms with Gasteiger partial charge in [0.15, 0.2) is 0 Å². The summed E-state index contributed by atoms with van der Waals surface area (Å²) in [6.07, 6.45) is 0.846. The lowest BCUT2D eigenvalue weighted by Crippen LogP contribution is -2.22. The third kappa shape index (κ3) is 6.78. The summed E-state index contributed by atoms with van der Waals surface area (Å²) in [5.41, 5.74) is 0.341. The van der Waals surface area contributed by atoms with Crippen LogP contribution in [0.25, 0.3) is 0 Å². The molecule has 14 heteroatoms. The zero-order valence-corrected chi connectivity index (χ0v) is 19.8. The number of nitrogens with zero attached hydrogens (tertiary/aromatic N) is 4. The summed E-state index contributed by atoms with van der Waals surface area (Å²) in [6, 6.07) is 6.52. The average Bonchev–Trinajstić information content (AvgIpc) is 3.46. The maximum atomic E-state index is 13.0. The van der Waals surface area contributed by atoms with Crippen molar-refractivity contribution in [3.05, 3.63) is 71.4 Å². The molecular weight excluding hydrogens is 501 g/mol. The molecule has 4 rings (SSSR count). The van der Waals surface area contributed by atoms with Gasteiger partial charge in [-0.25, -0.2) is 15.1 Å². The third-order valence-corrected chi connectivity index (χ3v) is 6.39. The molecule has 1 aromatic carbocycles. The van der Waals surface area contributed by atoms with Crippen molar-refractivity contribution in [1.29, 1.82) is 0 Å². The van der Waals surface area contributed by atoms with Crippen LogP contribution in [0.2, 0.25) is 0 Å². The summed E-state index contributed by atoms with van der Waals surface area (Å²) in [4.78, 5) is 8.23. The van der Waals surface area contributed by atoms with E-state index in [2.05, 4.69) is 24.6 Å². The summed E-state index contributed by atoms with van der Waals surface area (Å²) >= 11 is 0. The second kappa shape index (κ2) is 10.5. The Labute approximate surface area is 205 Å². The first kappa shape index (κ1) is 26.0. The van der Waals surface area contributed by atoms with Gasteiger partial charge in [0.2, 0.25) is 0 Å². The van der Waals surface area contributed by atoms with Crippen molar-refractivity contribution in [2.75, 3.05) is 11.9 Å². The zero-order valence-electron chi connectivity index (χ0n) is 19.0. The first-order valence-electron chi connectivity index (χ1n) is 11.1. The number of nitrogens with two attached hydrogens (primary N) is 1. The molecular formula is C22H25F3N6O4S. The van der Waals surface area contributed by atoms with Crippen molar-refractivity contribution in [3.8, 4) is 0 Å². The summed E-state index contributed by atoms with van der Waals surface area (Å²) in [5.74, 6) is 0.408. The molecule has 194 valence electrons. The molecule has 36 heavy (non-hydrogen) atoms. The van der Waals surface area contributed by atoms with Gasteiger partial charge in [-0.15, -0.1) is 0 Å². The monoisotopic (exact) mass is 526 g/mol. The summed E-state index contributed by atoms with van der Waals surface area (Å²) in [6.45, 7) is 0.0939. The van der Waals surface area contributed by atoms with E-state index in [1.807, 2.05) is 0 Å². The number of aromatic nitrogens is 4. The van der Waals surface area contributed by atoms with Gasteiger partial charge in [0.1, 0.15) is 18.2 Å². The van der Waals surface area contributed by atoms with Crippen molar-refractivity contribution in [2.45, 2.75) is 44.1 Å². The maximum Gasteiger partial charge on any atom is 0.416 e. The number of alkyl halides is 3. The minimum Gasteiger partial charge on any atom is -0.382 e. The van der Waals surface area contributed by atoms with Gasteiger partial charge in [0.05, 0.1) is 24.4 Å². The van der Waals surface area contributed by atoms with Crippen molar-refractivity contribution < 1.29 is 30.9 Å². The number of aliphatic hydroxyl groups excluding tert-OH is 1. The van der Waals surface area contributed by atoms with Crippen molar-refractivity contribution in [1.82, 2.24) is 19.7 Å². The molecule has 3 unspecified atom stereocenters. The highest BCUT2D eigenvalue weighted by Crippen LogP contribution is 2.32. The van der Waals surface area contributed by atoms with E-state index >= 15 is 0 Å². The number of anilines is 1. The van der Waals surface area contributed by atoms with Crippen LogP contribution in [0.5, 0.6) is 0 Å². The summed E-state index contributed by atoms with van der Waals surface area (Å²) in [5, 5.41) is 23.4. The lowest BCUT2D eigenvalue weighted by atomic mass is 10.1. The van der Waals surface area contributed by atoms with E-state index in [0.717, 1.165) is 25.0 Å². The van der Waals surface area contributed by atoms with Crippen LogP contribution in [0.1, 0.15) is 47.8 Å². The molecule has 2 aromatic heterocycles. The van der Waals surface area contributed by atoms with Gasteiger partial charge in [-0.2, -0.15) is 26.7 Å². The Bertz CT molecular complexity index is 1300. The normalized spacial score (nSPS) is 19.4. The molecule has 10 nitrogen and oxygen atoms in total. The van der Waals surface area contributed by atoms with Crippen LogP contribution >= 0.6 is 0 Å². The van der Waals surface area contributed by atoms with Crippen LogP contribution in [-0.2, 0) is 27.2 Å². The van der Waals surface area contributed by atoms with Gasteiger partial charge in [-0.1, -0.05) is 12.1 Å². The molecule has 0 spiro atoms. The molecule has 0 aliphatic heterocycles.